The van der Waals surface area contributed by atoms with Crippen LogP contribution in [0.1, 0.15) is 17.5 Å². The summed E-state index contributed by atoms with van der Waals surface area (Å²) in [5, 5.41) is 7.20. The van der Waals surface area contributed by atoms with E-state index in [2.05, 4.69) is 28.2 Å². The average molecular weight is 412 g/mol. The van der Waals surface area contributed by atoms with Crippen molar-refractivity contribution in [1.29, 1.82) is 0 Å². The number of rotatable bonds is 9. The molecule has 152 valence electrons. The fraction of sp³-hybridized carbons (Fsp3) is 0.261. The number of thiophene rings is 1. The Morgan fingerprint density at radius 3 is 2.34 bits per heavy atom. The van der Waals surface area contributed by atoms with Gasteiger partial charge >= 0.3 is 0 Å². The summed E-state index contributed by atoms with van der Waals surface area (Å²) < 4.78 is 16.2. The Morgan fingerprint density at radius 2 is 1.72 bits per heavy atom. The van der Waals surface area contributed by atoms with Crippen LogP contribution in [-0.4, -0.2) is 27.2 Å². The quantitative estimate of drug-likeness (QED) is 0.555. The summed E-state index contributed by atoms with van der Waals surface area (Å²) in [6.45, 7) is 0.488. The van der Waals surface area contributed by atoms with Crippen LogP contribution < -0.4 is 19.5 Å². The van der Waals surface area contributed by atoms with E-state index in [-0.39, 0.29) is 5.91 Å². The number of carbonyl (C=O) groups is 1. The van der Waals surface area contributed by atoms with Crippen molar-refractivity contribution >= 4 is 17.2 Å². The summed E-state index contributed by atoms with van der Waals surface area (Å²) in [6, 6.07) is 13.8. The van der Waals surface area contributed by atoms with Crippen LogP contribution in [-0.2, 0) is 17.8 Å². The van der Waals surface area contributed by atoms with Crippen LogP contribution in [0.2, 0.25) is 0 Å². The number of carbonyl (C=O) groups excluding carboxylic acids is 1. The molecule has 3 aromatic rings. The Morgan fingerprint density at radius 1 is 1.00 bits per heavy atom. The highest BCUT2D eigenvalue weighted by atomic mass is 32.1. The molecule has 0 saturated heterocycles. The summed E-state index contributed by atoms with van der Waals surface area (Å²) in [6.07, 6.45) is 0.841. The van der Waals surface area contributed by atoms with Crippen molar-refractivity contribution < 1.29 is 19.0 Å². The molecule has 1 N–H and O–H groups in total. The van der Waals surface area contributed by atoms with Gasteiger partial charge in [-0.25, -0.2) is 0 Å². The van der Waals surface area contributed by atoms with Gasteiger partial charge in [0.15, 0.2) is 0 Å². The average Bonchev–Trinajstić information content (AvgIpc) is 3.30. The maximum absolute atomic E-state index is 12.5. The number of benzene rings is 2. The Kier molecular flexibility index (Phi) is 7.14. The lowest BCUT2D eigenvalue weighted by molar-refractivity contribution is -0.121. The zero-order chi connectivity index (χ0) is 20.6. The molecule has 0 bridgehead atoms. The molecule has 0 aliphatic rings. The van der Waals surface area contributed by atoms with Crippen molar-refractivity contribution in [3.05, 3.63) is 64.4 Å². The molecular formula is C23H25NO4S. The minimum Gasteiger partial charge on any atom is -0.496 e. The van der Waals surface area contributed by atoms with Gasteiger partial charge in [0.25, 0.3) is 0 Å². The maximum atomic E-state index is 12.5. The third-order valence-electron chi connectivity index (χ3n) is 4.74. The van der Waals surface area contributed by atoms with Gasteiger partial charge in [0.2, 0.25) is 5.91 Å². The molecule has 0 radical (unpaired) electrons. The van der Waals surface area contributed by atoms with Gasteiger partial charge in [0, 0.05) is 30.7 Å². The normalized spacial score (nSPS) is 10.4. The monoisotopic (exact) mass is 411 g/mol. The molecule has 0 fully saturated rings. The van der Waals surface area contributed by atoms with E-state index in [0.717, 1.165) is 16.7 Å². The van der Waals surface area contributed by atoms with E-state index < -0.39 is 0 Å². The SMILES string of the molecule is COc1cc(OC)c(CCC(=O)NCc2ccccc2-c2ccsc2)c(OC)c1. The highest BCUT2D eigenvalue weighted by Gasteiger charge is 2.15. The Labute approximate surface area is 175 Å². The molecule has 1 aromatic heterocycles. The molecular weight excluding hydrogens is 386 g/mol. The van der Waals surface area contributed by atoms with Crippen molar-refractivity contribution in [1.82, 2.24) is 5.32 Å². The summed E-state index contributed by atoms with van der Waals surface area (Å²) in [5.41, 5.74) is 4.27. The number of amides is 1. The molecule has 0 saturated carbocycles. The molecule has 2 aromatic carbocycles. The van der Waals surface area contributed by atoms with Crippen LogP contribution in [0.4, 0.5) is 0 Å². The highest BCUT2D eigenvalue weighted by molar-refractivity contribution is 7.08. The van der Waals surface area contributed by atoms with Gasteiger partial charge in [0.1, 0.15) is 17.2 Å². The smallest absolute Gasteiger partial charge is 0.220 e. The second kappa shape index (κ2) is 9.98. The fourth-order valence-electron chi connectivity index (χ4n) is 3.22. The number of methoxy groups -OCH3 is 3. The zero-order valence-corrected chi connectivity index (χ0v) is 17.7. The molecule has 6 heteroatoms. The molecule has 5 nitrogen and oxygen atoms in total. The van der Waals surface area contributed by atoms with Crippen molar-refractivity contribution in [3.63, 3.8) is 0 Å². The first-order chi connectivity index (χ1) is 14.2. The molecule has 0 atom stereocenters. The van der Waals surface area contributed by atoms with Crippen LogP contribution in [0.15, 0.2) is 53.2 Å². The minimum atomic E-state index is -0.0231. The van der Waals surface area contributed by atoms with E-state index in [0.29, 0.717) is 36.6 Å². The van der Waals surface area contributed by atoms with E-state index in [9.17, 15) is 4.79 Å². The summed E-state index contributed by atoms with van der Waals surface area (Å²) in [4.78, 5) is 12.5. The van der Waals surface area contributed by atoms with Crippen LogP contribution in [0.25, 0.3) is 11.1 Å². The molecule has 0 aliphatic heterocycles. The van der Waals surface area contributed by atoms with Gasteiger partial charge in [-0.15, -0.1) is 0 Å². The number of hydrogen-bond donors (Lipinski definition) is 1. The van der Waals surface area contributed by atoms with E-state index >= 15 is 0 Å². The van der Waals surface area contributed by atoms with Gasteiger partial charge in [-0.05, 0) is 39.9 Å². The Bertz CT molecular complexity index is 928. The minimum absolute atomic E-state index is 0.0231. The standard InChI is InChI=1S/C23H25NO4S/c1-26-18-12-21(27-2)20(22(13-18)28-3)8-9-23(25)24-14-16-6-4-5-7-19(16)17-10-11-29-15-17/h4-7,10-13,15H,8-9,14H2,1-3H3,(H,24,25). The highest BCUT2D eigenvalue weighted by Crippen LogP contribution is 2.35. The summed E-state index contributed by atoms with van der Waals surface area (Å²) >= 11 is 1.66. The van der Waals surface area contributed by atoms with Gasteiger partial charge < -0.3 is 19.5 Å². The largest absolute Gasteiger partial charge is 0.496 e. The second-order valence-electron chi connectivity index (χ2n) is 6.46. The molecule has 1 amide bonds. The maximum Gasteiger partial charge on any atom is 0.220 e. The topological polar surface area (TPSA) is 56.8 Å². The fourth-order valence-corrected chi connectivity index (χ4v) is 3.87. The molecule has 0 aliphatic carbocycles. The summed E-state index contributed by atoms with van der Waals surface area (Å²) in [7, 11) is 4.79. The predicted molar refractivity (Wildman–Crippen MR) is 116 cm³/mol. The molecule has 0 unspecified atom stereocenters. The van der Waals surface area contributed by atoms with Gasteiger partial charge in [0.05, 0.1) is 21.3 Å². The number of hydrogen-bond acceptors (Lipinski definition) is 5. The van der Waals surface area contributed by atoms with E-state index in [1.807, 2.05) is 18.2 Å². The van der Waals surface area contributed by atoms with E-state index in [1.165, 1.54) is 5.56 Å². The lowest BCUT2D eigenvalue weighted by Crippen LogP contribution is -2.23. The van der Waals surface area contributed by atoms with Crippen molar-refractivity contribution in [2.45, 2.75) is 19.4 Å². The van der Waals surface area contributed by atoms with Crippen LogP contribution in [0.5, 0.6) is 17.2 Å². The Hall–Kier alpha value is -2.99. The molecule has 3 rings (SSSR count). The molecule has 0 spiro atoms. The lowest BCUT2D eigenvalue weighted by Gasteiger charge is -2.15. The molecule has 1 heterocycles. The second-order valence-corrected chi connectivity index (χ2v) is 7.24. The van der Waals surface area contributed by atoms with Crippen LogP contribution >= 0.6 is 11.3 Å². The van der Waals surface area contributed by atoms with E-state index in [1.54, 1.807) is 44.8 Å². The third kappa shape index (κ3) is 5.09. The third-order valence-corrected chi connectivity index (χ3v) is 5.43. The van der Waals surface area contributed by atoms with Gasteiger partial charge in [-0.2, -0.15) is 11.3 Å². The first-order valence-electron chi connectivity index (χ1n) is 9.32. The van der Waals surface area contributed by atoms with Crippen LogP contribution in [0.3, 0.4) is 0 Å². The van der Waals surface area contributed by atoms with Crippen molar-refractivity contribution in [2.75, 3.05) is 21.3 Å². The lowest BCUT2D eigenvalue weighted by atomic mass is 10.0. The predicted octanol–water partition coefficient (Wildman–Crippen LogP) is 4.69. The first kappa shape index (κ1) is 20.7. The molecule has 29 heavy (non-hydrogen) atoms. The van der Waals surface area contributed by atoms with Crippen LogP contribution in [0, 0.1) is 0 Å². The van der Waals surface area contributed by atoms with Crippen molar-refractivity contribution in [3.8, 4) is 28.4 Å². The van der Waals surface area contributed by atoms with E-state index in [4.69, 9.17) is 14.2 Å². The zero-order valence-electron chi connectivity index (χ0n) is 16.9. The number of ether oxygens (including phenoxy) is 3. The van der Waals surface area contributed by atoms with Gasteiger partial charge in [-0.3, -0.25) is 4.79 Å². The van der Waals surface area contributed by atoms with Gasteiger partial charge in [-0.1, -0.05) is 24.3 Å². The first-order valence-corrected chi connectivity index (χ1v) is 10.3. The summed E-state index contributed by atoms with van der Waals surface area (Å²) in [5.74, 6) is 1.93. The Balaban J connectivity index is 1.65. The van der Waals surface area contributed by atoms with Crippen molar-refractivity contribution in [2.24, 2.45) is 0 Å². The number of nitrogens with one attached hydrogen (secondary N) is 1.